The molecule has 4 heterocycles. The molecule has 2 bridgehead atoms. The Hall–Kier alpha value is -2.38. The fourth-order valence-electron chi connectivity index (χ4n) is 5.41. The van der Waals surface area contributed by atoms with E-state index in [-0.39, 0.29) is 18.1 Å². The van der Waals surface area contributed by atoms with E-state index in [1.165, 1.54) is 11.8 Å². The van der Waals surface area contributed by atoms with Gasteiger partial charge in [0.1, 0.15) is 0 Å². The lowest BCUT2D eigenvalue weighted by Crippen LogP contribution is -2.59. The molecular weight excluding hydrogens is 410 g/mol. The van der Waals surface area contributed by atoms with Crippen LogP contribution >= 0.6 is 0 Å². The number of benzene rings is 2. The maximum absolute atomic E-state index is 13.5. The maximum atomic E-state index is 13.5. The Morgan fingerprint density at radius 1 is 1.00 bits per heavy atom. The summed E-state index contributed by atoms with van der Waals surface area (Å²) in [6.07, 6.45) is 4.35. The predicted octanol–water partition coefficient (Wildman–Crippen LogP) is 2.84. The van der Waals surface area contributed by atoms with Crippen molar-refractivity contribution >= 4 is 15.9 Å². The number of carbonyl (C=O) groups excluding carboxylic acids is 1. The fourth-order valence-corrected chi connectivity index (χ4v) is 6.04. The monoisotopic (exact) mass is 439 g/mol. The van der Waals surface area contributed by atoms with Crippen LogP contribution in [-0.2, 0) is 16.3 Å². The van der Waals surface area contributed by atoms with E-state index in [4.69, 9.17) is 0 Å². The van der Waals surface area contributed by atoms with Crippen LogP contribution in [-0.4, -0.2) is 62.7 Å². The molecule has 2 amide bonds. The van der Waals surface area contributed by atoms with Gasteiger partial charge in [-0.05, 0) is 67.1 Å². The molecule has 1 N–H and O–H groups in total. The largest absolute Gasteiger partial charge is 0.334 e. The molecule has 2 aromatic rings. The molecule has 164 valence electrons. The Morgan fingerprint density at radius 3 is 2.35 bits per heavy atom. The third-order valence-electron chi connectivity index (χ3n) is 7.13. The molecule has 0 spiro atoms. The molecule has 4 aliphatic rings. The topological polar surface area (TPSA) is 69.7 Å². The molecule has 7 heteroatoms. The van der Waals surface area contributed by atoms with Crippen molar-refractivity contribution in [1.29, 1.82) is 0 Å². The smallest absolute Gasteiger partial charge is 0.318 e. The molecule has 31 heavy (non-hydrogen) atoms. The van der Waals surface area contributed by atoms with Crippen LogP contribution in [0.5, 0.6) is 0 Å². The van der Waals surface area contributed by atoms with Crippen molar-refractivity contribution in [3.8, 4) is 0 Å². The lowest BCUT2D eigenvalue weighted by atomic mass is 9.84. The lowest BCUT2D eigenvalue weighted by molar-refractivity contribution is 0.0715. The highest BCUT2D eigenvalue weighted by molar-refractivity contribution is 7.90. The molecule has 2 atom stereocenters. The minimum atomic E-state index is -3.26. The second kappa shape index (κ2) is 7.95. The lowest BCUT2D eigenvalue weighted by Gasteiger charge is -2.46. The van der Waals surface area contributed by atoms with Crippen LogP contribution in [0, 0.1) is 5.92 Å². The summed E-state index contributed by atoms with van der Waals surface area (Å²) < 4.78 is 23.8. The van der Waals surface area contributed by atoms with Gasteiger partial charge >= 0.3 is 6.03 Å². The zero-order valence-corrected chi connectivity index (χ0v) is 18.6. The fraction of sp³-hybridized carbons (Fsp3) is 0.458. The van der Waals surface area contributed by atoms with Crippen molar-refractivity contribution in [1.82, 2.24) is 15.1 Å². The van der Waals surface area contributed by atoms with E-state index in [1.807, 2.05) is 29.2 Å². The van der Waals surface area contributed by atoms with Gasteiger partial charge in [-0.1, -0.05) is 36.4 Å². The van der Waals surface area contributed by atoms with E-state index < -0.39 is 9.84 Å². The van der Waals surface area contributed by atoms with Crippen LogP contribution < -0.4 is 5.32 Å². The molecule has 0 radical (unpaired) electrons. The second-order valence-electron chi connectivity index (χ2n) is 9.08. The number of rotatable bonds is 3. The second-order valence-corrected chi connectivity index (χ2v) is 11.1. The van der Waals surface area contributed by atoms with Gasteiger partial charge in [0.05, 0.1) is 10.9 Å². The number of nitrogens with zero attached hydrogens (tertiary/aromatic N) is 2. The summed E-state index contributed by atoms with van der Waals surface area (Å²) in [7, 11) is -3.26. The Labute approximate surface area is 184 Å². The molecule has 2 aromatic carbocycles. The normalized spacial score (nSPS) is 27.6. The first-order valence-corrected chi connectivity index (χ1v) is 13.0. The molecule has 0 aromatic heterocycles. The third kappa shape index (κ3) is 3.96. The minimum absolute atomic E-state index is 0.0227. The SMILES string of the molecule is CS(=O)(=O)c1ccc([C@H]2c3ccccc3CCN2C(=O)NC2CN3CCC2CC3)cc1. The van der Waals surface area contributed by atoms with Gasteiger partial charge in [0.25, 0.3) is 0 Å². The summed E-state index contributed by atoms with van der Waals surface area (Å²) >= 11 is 0. The Balaban J connectivity index is 1.45. The molecule has 6 rings (SSSR count). The summed E-state index contributed by atoms with van der Waals surface area (Å²) in [5.41, 5.74) is 3.29. The summed E-state index contributed by atoms with van der Waals surface area (Å²) in [4.78, 5) is 18.1. The summed E-state index contributed by atoms with van der Waals surface area (Å²) in [6.45, 7) is 3.86. The molecule has 4 aliphatic heterocycles. The van der Waals surface area contributed by atoms with Gasteiger partial charge < -0.3 is 15.1 Å². The van der Waals surface area contributed by atoms with E-state index >= 15 is 0 Å². The minimum Gasteiger partial charge on any atom is -0.334 e. The zero-order valence-electron chi connectivity index (χ0n) is 17.8. The first kappa shape index (κ1) is 20.5. The molecule has 3 saturated heterocycles. The van der Waals surface area contributed by atoms with Gasteiger partial charge in [0.2, 0.25) is 0 Å². The van der Waals surface area contributed by atoms with E-state index in [1.54, 1.807) is 12.1 Å². The highest BCUT2D eigenvalue weighted by Gasteiger charge is 2.38. The van der Waals surface area contributed by atoms with Crippen molar-refractivity contribution in [3.05, 3.63) is 65.2 Å². The molecular formula is C24H29N3O3S. The molecule has 0 saturated carbocycles. The number of carbonyl (C=O) groups is 1. The molecule has 0 aliphatic carbocycles. The Kier molecular flexibility index (Phi) is 5.26. The summed E-state index contributed by atoms with van der Waals surface area (Å²) in [6, 6.07) is 15.2. The average Bonchev–Trinajstić information content (AvgIpc) is 2.78. The number of urea groups is 1. The number of fused-ring (bicyclic) bond motifs is 4. The first-order chi connectivity index (χ1) is 14.9. The van der Waals surface area contributed by atoms with Crippen molar-refractivity contribution in [3.63, 3.8) is 0 Å². The molecule has 6 nitrogen and oxygen atoms in total. The van der Waals surface area contributed by atoms with Gasteiger partial charge in [0.15, 0.2) is 9.84 Å². The number of sulfone groups is 1. The van der Waals surface area contributed by atoms with Crippen molar-refractivity contribution in [2.75, 3.05) is 32.4 Å². The van der Waals surface area contributed by atoms with Gasteiger partial charge in [-0.15, -0.1) is 0 Å². The van der Waals surface area contributed by atoms with Crippen LogP contribution in [0.25, 0.3) is 0 Å². The average molecular weight is 440 g/mol. The first-order valence-electron chi connectivity index (χ1n) is 11.1. The number of nitrogens with one attached hydrogen (secondary N) is 1. The third-order valence-corrected chi connectivity index (χ3v) is 8.26. The number of amides is 2. The molecule has 3 fully saturated rings. The summed E-state index contributed by atoms with van der Waals surface area (Å²) in [5, 5.41) is 3.34. The van der Waals surface area contributed by atoms with Crippen molar-refractivity contribution < 1.29 is 13.2 Å². The van der Waals surface area contributed by atoms with E-state index in [0.717, 1.165) is 50.0 Å². The summed E-state index contributed by atoms with van der Waals surface area (Å²) in [5.74, 6) is 0.568. The molecule has 1 unspecified atom stereocenters. The zero-order chi connectivity index (χ0) is 21.6. The van der Waals surface area contributed by atoms with Crippen LogP contribution in [0.15, 0.2) is 53.4 Å². The van der Waals surface area contributed by atoms with E-state index in [9.17, 15) is 13.2 Å². The van der Waals surface area contributed by atoms with Gasteiger partial charge in [-0.25, -0.2) is 13.2 Å². The highest BCUT2D eigenvalue weighted by atomic mass is 32.2. The quantitative estimate of drug-likeness (QED) is 0.799. The van der Waals surface area contributed by atoms with Crippen LogP contribution in [0.1, 0.15) is 35.6 Å². The van der Waals surface area contributed by atoms with Crippen molar-refractivity contribution in [2.45, 2.75) is 36.2 Å². The van der Waals surface area contributed by atoms with Crippen LogP contribution in [0.2, 0.25) is 0 Å². The van der Waals surface area contributed by atoms with E-state index in [2.05, 4.69) is 22.3 Å². The highest BCUT2D eigenvalue weighted by Crippen LogP contribution is 2.36. The number of hydrogen-bond acceptors (Lipinski definition) is 4. The van der Waals surface area contributed by atoms with Crippen LogP contribution in [0.3, 0.4) is 0 Å². The maximum Gasteiger partial charge on any atom is 0.318 e. The predicted molar refractivity (Wildman–Crippen MR) is 120 cm³/mol. The van der Waals surface area contributed by atoms with Crippen LogP contribution in [0.4, 0.5) is 4.79 Å². The number of piperidine rings is 3. The van der Waals surface area contributed by atoms with Gasteiger partial charge in [0, 0.05) is 25.4 Å². The van der Waals surface area contributed by atoms with Gasteiger partial charge in [-0.2, -0.15) is 0 Å². The van der Waals surface area contributed by atoms with E-state index in [0.29, 0.717) is 17.4 Å². The van der Waals surface area contributed by atoms with Crippen molar-refractivity contribution in [2.24, 2.45) is 5.92 Å². The number of hydrogen-bond donors (Lipinski definition) is 1. The standard InChI is InChI=1S/C24H29N3O3S/c1-31(29,30)20-8-6-19(7-9-20)23-21-5-3-2-4-17(21)12-15-27(23)24(28)25-22-16-26-13-10-18(22)11-14-26/h2-9,18,22-23H,10-16H2,1H3,(H,25,28)/t22?,23-/m0/s1. The van der Waals surface area contributed by atoms with Gasteiger partial charge in [-0.3, -0.25) is 0 Å². The Bertz CT molecular complexity index is 1080. The Morgan fingerprint density at radius 2 is 1.71 bits per heavy atom.